The molecule has 0 atom stereocenters. The summed E-state index contributed by atoms with van der Waals surface area (Å²) in [7, 11) is 1.60. The second-order valence-corrected chi connectivity index (χ2v) is 6.07. The predicted molar refractivity (Wildman–Crippen MR) is 111 cm³/mol. The van der Waals surface area contributed by atoms with Crippen LogP contribution in [-0.4, -0.2) is 22.1 Å². The summed E-state index contributed by atoms with van der Waals surface area (Å²) >= 11 is 0. The maximum Gasteiger partial charge on any atom is 0.232 e. The van der Waals surface area contributed by atoms with E-state index >= 15 is 0 Å². The lowest BCUT2D eigenvalue weighted by Crippen LogP contribution is -2.10. The third-order valence-corrected chi connectivity index (χ3v) is 3.99. The molecule has 7 nitrogen and oxygen atoms in total. The highest BCUT2D eigenvalue weighted by molar-refractivity contribution is 5.58. The molecule has 144 valence electrons. The van der Waals surface area contributed by atoms with Gasteiger partial charge in [0.1, 0.15) is 6.61 Å². The Morgan fingerprint density at radius 1 is 1.07 bits per heavy atom. The van der Waals surface area contributed by atoms with Crippen LogP contribution in [0.3, 0.4) is 0 Å². The topological polar surface area (TPSA) is 95.2 Å². The van der Waals surface area contributed by atoms with Gasteiger partial charge in [0.25, 0.3) is 0 Å². The van der Waals surface area contributed by atoms with Gasteiger partial charge >= 0.3 is 0 Å². The summed E-state index contributed by atoms with van der Waals surface area (Å²) in [6.07, 6.45) is 3.95. The van der Waals surface area contributed by atoms with Gasteiger partial charge in [-0.25, -0.2) is 0 Å². The lowest BCUT2D eigenvalue weighted by atomic mass is 10.2. The van der Waals surface area contributed by atoms with Crippen LogP contribution in [0.2, 0.25) is 0 Å². The number of para-hydroxylation sites is 1. The van der Waals surface area contributed by atoms with E-state index in [1.807, 2.05) is 68.5 Å². The van der Waals surface area contributed by atoms with Crippen molar-refractivity contribution in [3.05, 3.63) is 65.5 Å². The van der Waals surface area contributed by atoms with E-state index < -0.39 is 0 Å². The Morgan fingerprint density at radius 3 is 2.64 bits per heavy atom. The van der Waals surface area contributed by atoms with Crippen molar-refractivity contribution in [1.82, 2.24) is 15.0 Å². The van der Waals surface area contributed by atoms with Crippen molar-refractivity contribution < 1.29 is 9.47 Å². The summed E-state index contributed by atoms with van der Waals surface area (Å²) < 4.78 is 11.3. The molecule has 0 radical (unpaired) electrons. The van der Waals surface area contributed by atoms with E-state index in [9.17, 15) is 0 Å². The van der Waals surface area contributed by atoms with Crippen LogP contribution in [0.25, 0.3) is 6.08 Å². The first-order valence-corrected chi connectivity index (χ1v) is 8.85. The van der Waals surface area contributed by atoms with Gasteiger partial charge in [-0.15, -0.1) is 0 Å². The van der Waals surface area contributed by atoms with Gasteiger partial charge in [0, 0.05) is 5.69 Å². The Morgan fingerprint density at radius 2 is 1.89 bits per heavy atom. The van der Waals surface area contributed by atoms with Crippen LogP contribution in [-0.2, 0) is 6.61 Å². The van der Waals surface area contributed by atoms with Crippen LogP contribution >= 0.6 is 0 Å². The second-order valence-electron chi connectivity index (χ2n) is 6.07. The van der Waals surface area contributed by atoms with E-state index in [4.69, 9.17) is 15.2 Å². The molecule has 0 aliphatic heterocycles. The molecule has 0 aliphatic rings. The average molecular weight is 377 g/mol. The molecule has 0 unspecified atom stereocenters. The molecule has 3 aromatic rings. The third kappa shape index (κ3) is 4.76. The summed E-state index contributed by atoms with van der Waals surface area (Å²) in [5, 5.41) is 3.17. The monoisotopic (exact) mass is 377 g/mol. The molecule has 1 heterocycles. The maximum atomic E-state index is 5.85. The Labute approximate surface area is 164 Å². The molecule has 3 rings (SSSR count). The number of nitrogens with two attached hydrogens (primary N) is 1. The molecule has 0 spiro atoms. The number of hydrogen-bond donors (Lipinski definition) is 2. The quantitative estimate of drug-likeness (QED) is 0.639. The predicted octanol–water partition coefficient (Wildman–Crippen LogP) is 4.13. The van der Waals surface area contributed by atoms with Crippen LogP contribution in [0.1, 0.15) is 23.9 Å². The van der Waals surface area contributed by atoms with Crippen molar-refractivity contribution in [2.75, 3.05) is 18.2 Å². The van der Waals surface area contributed by atoms with Crippen LogP contribution in [0.5, 0.6) is 11.5 Å². The van der Waals surface area contributed by atoms with Crippen LogP contribution in [0.15, 0.2) is 48.5 Å². The van der Waals surface area contributed by atoms with Crippen LogP contribution in [0.4, 0.5) is 17.6 Å². The van der Waals surface area contributed by atoms with Crippen LogP contribution in [0, 0.1) is 6.92 Å². The number of allylic oxidation sites excluding steroid dienone is 1. The SMILES string of the molecule is C/C=C/c1ccc(OCc2nc(N)nc(Nc3ccccc3C)n2)c(OC)c1. The molecule has 2 aromatic carbocycles. The zero-order valence-corrected chi connectivity index (χ0v) is 16.1. The standard InChI is InChI=1S/C21H23N5O2/c1-4-7-15-10-11-17(18(12-15)27-3)28-13-19-24-20(22)26-21(25-19)23-16-9-6-5-8-14(16)2/h4-12H,13H2,1-3H3,(H3,22,23,24,25,26)/b7-4+. The Hall–Kier alpha value is -3.61. The number of rotatable bonds is 7. The minimum Gasteiger partial charge on any atom is -0.493 e. The summed E-state index contributed by atoms with van der Waals surface area (Å²) in [5.74, 6) is 2.15. The van der Waals surface area contributed by atoms with Gasteiger partial charge in [-0.2, -0.15) is 15.0 Å². The highest BCUT2D eigenvalue weighted by Crippen LogP contribution is 2.29. The molecule has 7 heteroatoms. The Bertz CT molecular complexity index is 988. The molecule has 28 heavy (non-hydrogen) atoms. The van der Waals surface area contributed by atoms with E-state index in [0.29, 0.717) is 23.3 Å². The largest absolute Gasteiger partial charge is 0.493 e. The van der Waals surface area contributed by atoms with E-state index in [1.54, 1.807) is 7.11 Å². The van der Waals surface area contributed by atoms with Crippen molar-refractivity contribution in [2.45, 2.75) is 20.5 Å². The smallest absolute Gasteiger partial charge is 0.232 e. The number of nitrogens with zero attached hydrogens (tertiary/aromatic N) is 3. The lowest BCUT2D eigenvalue weighted by molar-refractivity contribution is 0.276. The fourth-order valence-electron chi connectivity index (χ4n) is 2.63. The Kier molecular flexibility index (Phi) is 6.06. The first-order chi connectivity index (χ1) is 13.6. The van der Waals surface area contributed by atoms with E-state index in [0.717, 1.165) is 16.8 Å². The summed E-state index contributed by atoms with van der Waals surface area (Å²) in [5.41, 5.74) is 8.85. The van der Waals surface area contributed by atoms with Crippen molar-refractivity contribution in [1.29, 1.82) is 0 Å². The van der Waals surface area contributed by atoms with Gasteiger partial charge in [0.05, 0.1) is 7.11 Å². The summed E-state index contributed by atoms with van der Waals surface area (Å²) in [6.45, 7) is 4.10. The molecule has 0 saturated carbocycles. The van der Waals surface area contributed by atoms with Gasteiger partial charge < -0.3 is 20.5 Å². The summed E-state index contributed by atoms with van der Waals surface area (Å²) in [6, 6.07) is 13.6. The van der Waals surface area contributed by atoms with E-state index in [2.05, 4.69) is 20.3 Å². The highest BCUT2D eigenvalue weighted by atomic mass is 16.5. The lowest BCUT2D eigenvalue weighted by Gasteiger charge is -2.12. The maximum absolute atomic E-state index is 5.85. The fraction of sp³-hybridized carbons (Fsp3) is 0.190. The van der Waals surface area contributed by atoms with Crippen molar-refractivity contribution >= 4 is 23.7 Å². The van der Waals surface area contributed by atoms with Crippen LogP contribution < -0.4 is 20.5 Å². The molecule has 0 bridgehead atoms. The van der Waals surface area contributed by atoms with Gasteiger partial charge in [0.2, 0.25) is 11.9 Å². The second kappa shape index (κ2) is 8.85. The number of aromatic nitrogens is 3. The number of hydrogen-bond acceptors (Lipinski definition) is 7. The highest BCUT2D eigenvalue weighted by Gasteiger charge is 2.10. The number of nitrogens with one attached hydrogen (secondary N) is 1. The normalized spacial score (nSPS) is 10.8. The molecule has 0 amide bonds. The molecular weight excluding hydrogens is 354 g/mol. The van der Waals surface area contributed by atoms with E-state index in [-0.39, 0.29) is 12.6 Å². The number of anilines is 3. The van der Waals surface area contributed by atoms with Gasteiger partial charge in [0.15, 0.2) is 17.3 Å². The molecule has 0 saturated heterocycles. The molecule has 0 fully saturated rings. The molecule has 1 aromatic heterocycles. The fourth-order valence-corrected chi connectivity index (χ4v) is 2.63. The number of nitrogen functional groups attached to an aromatic ring is 1. The Balaban J connectivity index is 1.76. The van der Waals surface area contributed by atoms with E-state index in [1.165, 1.54) is 0 Å². The zero-order valence-electron chi connectivity index (χ0n) is 16.1. The third-order valence-electron chi connectivity index (χ3n) is 3.99. The molecule has 3 N–H and O–H groups in total. The minimum atomic E-state index is 0.125. The van der Waals surface area contributed by atoms with Crippen molar-refractivity contribution in [2.24, 2.45) is 0 Å². The van der Waals surface area contributed by atoms with Gasteiger partial charge in [-0.3, -0.25) is 0 Å². The number of ether oxygens (including phenoxy) is 2. The minimum absolute atomic E-state index is 0.125. The summed E-state index contributed by atoms with van der Waals surface area (Å²) in [4.78, 5) is 12.7. The number of aryl methyl sites for hydroxylation is 1. The van der Waals surface area contributed by atoms with Gasteiger partial charge in [-0.05, 0) is 43.2 Å². The first-order valence-electron chi connectivity index (χ1n) is 8.85. The van der Waals surface area contributed by atoms with Crippen molar-refractivity contribution in [3.8, 4) is 11.5 Å². The molecule has 0 aliphatic carbocycles. The van der Waals surface area contributed by atoms with Gasteiger partial charge in [-0.1, -0.05) is 36.4 Å². The number of methoxy groups -OCH3 is 1. The number of benzene rings is 2. The van der Waals surface area contributed by atoms with Crippen molar-refractivity contribution in [3.63, 3.8) is 0 Å². The average Bonchev–Trinajstić information content (AvgIpc) is 2.68. The zero-order chi connectivity index (χ0) is 19.9. The molecular formula is C21H23N5O2. The first kappa shape index (κ1) is 19.2.